The van der Waals surface area contributed by atoms with E-state index in [1.54, 1.807) is 142 Å². The number of rotatable bonds is 25. The van der Waals surface area contributed by atoms with E-state index in [1.807, 2.05) is 36.4 Å². The van der Waals surface area contributed by atoms with Crippen molar-refractivity contribution in [1.29, 1.82) is 0 Å². The van der Waals surface area contributed by atoms with Crippen LogP contribution in [0.3, 0.4) is 0 Å². The van der Waals surface area contributed by atoms with Gasteiger partial charge in [0.1, 0.15) is 55.6 Å². The summed E-state index contributed by atoms with van der Waals surface area (Å²) in [5, 5.41) is 7.37. The van der Waals surface area contributed by atoms with E-state index in [-0.39, 0.29) is 70.0 Å². The smallest absolute Gasteiger partial charge is 0.408 e. The summed E-state index contributed by atoms with van der Waals surface area (Å²) >= 11 is 0. The molecule has 22 heteroatoms. The zero-order valence-electron chi connectivity index (χ0n) is 46.9. The van der Waals surface area contributed by atoms with Gasteiger partial charge in [0.05, 0.1) is 6.42 Å². The molecule has 0 aliphatic carbocycles. The van der Waals surface area contributed by atoms with Crippen molar-refractivity contribution in [3.8, 4) is 28.4 Å². The van der Waals surface area contributed by atoms with Crippen LogP contribution in [0.5, 0.6) is 17.2 Å². The van der Waals surface area contributed by atoms with Crippen LogP contribution >= 0.6 is 0 Å². The van der Waals surface area contributed by atoms with Gasteiger partial charge < -0.3 is 49.2 Å². The van der Waals surface area contributed by atoms with Gasteiger partial charge in [-0.1, -0.05) is 133 Å². The summed E-state index contributed by atoms with van der Waals surface area (Å²) in [6, 6.07) is 42.2. The third-order valence-electron chi connectivity index (χ3n) is 12.5. The van der Waals surface area contributed by atoms with Gasteiger partial charge in [-0.15, -0.1) is 0 Å². The van der Waals surface area contributed by atoms with Gasteiger partial charge in [0.25, 0.3) is 5.91 Å². The molecule has 450 valence electrons. The quantitative estimate of drug-likeness (QED) is 0.00613. The van der Waals surface area contributed by atoms with Gasteiger partial charge in [-0.25, -0.2) is 37.1 Å². The van der Waals surface area contributed by atoms with Crippen molar-refractivity contribution in [3.05, 3.63) is 220 Å². The molecule has 0 radical (unpaired) electrons. The molecule has 0 spiro atoms. The van der Waals surface area contributed by atoms with Crippen LogP contribution in [-0.4, -0.2) is 60.4 Å². The van der Waals surface area contributed by atoms with Crippen LogP contribution < -0.4 is 35.6 Å². The summed E-state index contributed by atoms with van der Waals surface area (Å²) in [4.78, 5) is 84.7. The lowest BCUT2D eigenvalue weighted by Crippen LogP contribution is -2.48. The Balaban J connectivity index is 1.12. The second-order valence-corrected chi connectivity index (χ2v) is 20.2. The highest BCUT2D eigenvalue weighted by atomic mass is 19.2. The molecule has 7 rings (SSSR count). The molecule has 2 atom stereocenters. The van der Waals surface area contributed by atoms with Crippen LogP contribution in [0.25, 0.3) is 11.1 Å². The molecule has 0 fully saturated rings. The predicted octanol–water partition coefficient (Wildman–Crippen LogP) is 11.8. The molecule has 0 aliphatic heterocycles. The summed E-state index contributed by atoms with van der Waals surface area (Å²) in [7, 11) is 0. The predicted molar refractivity (Wildman–Crippen MR) is 302 cm³/mol. The van der Waals surface area contributed by atoms with Crippen LogP contribution in [0.4, 0.5) is 36.3 Å². The van der Waals surface area contributed by atoms with Crippen molar-refractivity contribution >= 4 is 36.1 Å². The number of nitrogens with one attached hydrogen (secondary N) is 4. The first-order valence-electron chi connectivity index (χ1n) is 27.0. The Kier molecular flexibility index (Phi) is 23.0. The summed E-state index contributed by atoms with van der Waals surface area (Å²) < 4.78 is 106. The largest absolute Gasteiger partial charge is 0.489 e. The number of aryl methyl sites for hydroxylation is 1. The molecule has 0 saturated heterocycles. The summed E-state index contributed by atoms with van der Waals surface area (Å²) in [5.74, 6) is -17.0. The number of benzene rings is 7. The summed E-state index contributed by atoms with van der Waals surface area (Å²) in [6.45, 7) is 4.80. The van der Waals surface area contributed by atoms with Gasteiger partial charge in [-0.2, -0.15) is 14.3 Å². The molecular formula is C64H61F5N4O13. The first-order valence-corrected chi connectivity index (χ1v) is 27.0. The fourth-order valence-electron chi connectivity index (χ4n) is 8.25. The van der Waals surface area contributed by atoms with Crippen molar-refractivity contribution in [2.75, 3.05) is 6.54 Å². The van der Waals surface area contributed by atoms with Crippen molar-refractivity contribution in [1.82, 2.24) is 21.4 Å². The SMILES string of the molecule is CC(C)(C)OC(=O)N[C@@H](CCCNC(=O)OCc1ccccc1)C(=O)NOC(=O)CCc1cc(-c2ccc(OCc3ccccc3)c(C[C@H](NC(=O)OCc3ccccc3)C(=O)Oc3c(F)c(F)c(F)c(F)c3F)c2)ccc1OCc1ccccc1. The molecule has 0 aliphatic rings. The molecule has 0 saturated carbocycles. The number of carbonyl (C=O) groups is 6. The minimum Gasteiger partial charge on any atom is -0.489 e. The van der Waals surface area contributed by atoms with E-state index in [0.717, 1.165) is 16.7 Å². The van der Waals surface area contributed by atoms with Crippen LogP contribution in [0, 0.1) is 29.1 Å². The molecule has 0 unspecified atom stereocenters. The minimum absolute atomic E-state index is 0.0140. The summed E-state index contributed by atoms with van der Waals surface area (Å²) in [6.07, 6.45) is -3.64. The van der Waals surface area contributed by atoms with E-state index >= 15 is 0 Å². The molecule has 0 heterocycles. The standard InChI is InChI=1S/C64H61F5N4O13/c1-64(2,3)85-63(79)71-48(25-16-32-70-61(77)82-38-42-21-12-6-13-22-42)59(75)73-86-52(74)31-28-46-33-44(26-29-50(46)80-36-40-17-8-4-9-18-40)45-27-30-51(81-37-41-19-10-5-11-20-41)47(34-45)35-49(72-62(78)83-39-43-23-14-7-15-24-43)60(76)84-58-56(68)54(66)53(65)55(67)57(58)69/h4-15,17-24,26-27,29-30,33-34,48-49H,16,25,28,31-32,35-39H2,1-3H3,(H,70,77)(H,71,79)(H,72,78)(H,73,75)/t48-,49-/m0/s1. The molecule has 4 N–H and O–H groups in total. The van der Waals surface area contributed by atoms with E-state index in [1.165, 1.54) is 0 Å². The lowest BCUT2D eigenvalue weighted by Gasteiger charge is -2.23. The first-order chi connectivity index (χ1) is 41.3. The van der Waals surface area contributed by atoms with Crippen LogP contribution in [0.1, 0.15) is 73.4 Å². The first kappa shape index (κ1) is 63.6. The van der Waals surface area contributed by atoms with Crippen molar-refractivity contribution < 1.29 is 84.0 Å². The Morgan fingerprint density at radius 1 is 0.512 bits per heavy atom. The number of ether oxygens (including phenoxy) is 6. The van der Waals surface area contributed by atoms with Crippen molar-refractivity contribution in [3.63, 3.8) is 0 Å². The van der Waals surface area contributed by atoms with Crippen molar-refractivity contribution in [2.24, 2.45) is 0 Å². The Labute approximate surface area is 492 Å². The van der Waals surface area contributed by atoms with Crippen LogP contribution in [-0.2, 0) is 72.7 Å². The van der Waals surface area contributed by atoms with E-state index in [2.05, 4.69) is 21.4 Å². The number of carbonyl (C=O) groups excluding carboxylic acids is 6. The fourth-order valence-corrected chi connectivity index (χ4v) is 8.25. The van der Waals surface area contributed by atoms with Gasteiger partial charge in [-0.05, 0) is 109 Å². The molecule has 7 aromatic rings. The topological polar surface area (TPSA) is 215 Å². The Morgan fingerprint density at radius 2 is 0.965 bits per heavy atom. The highest BCUT2D eigenvalue weighted by molar-refractivity contribution is 5.86. The second-order valence-electron chi connectivity index (χ2n) is 20.2. The van der Waals surface area contributed by atoms with E-state index in [0.29, 0.717) is 28.0 Å². The molecular weight excluding hydrogens is 1130 g/mol. The Morgan fingerprint density at radius 3 is 1.48 bits per heavy atom. The molecule has 86 heavy (non-hydrogen) atoms. The van der Waals surface area contributed by atoms with E-state index < -0.39 is 95.1 Å². The lowest BCUT2D eigenvalue weighted by molar-refractivity contribution is -0.159. The zero-order valence-corrected chi connectivity index (χ0v) is 46.9. The maximum absolute atomic E-state index is 15.0. The number of hydroxylamine groups is 1. The minimum atomic E-state index is -2.49. The number of amides is 4. The fraction of sp³-hybridized carbons (Fsp3) is 0.250. The zero-order chi connectivity index (χ0) is 61.6. The normalized spacial score (nSPS) is 11.7. The van der Waals surface area contributed by atoms with Gasteiger partial charge in [0, 0.05) is 13.0 Å². The molecule has 0 aromatic heterocycles. The maximum atomic E-state index is 15.0. The third kappa shape index (κ3) is 19.6. The monoisotopic (exact) mass is 1190 g/mol. The molecule has 7 aromatic carbocycles. The van der Waals surface area contributed by atoms with E-state index in [9.17, 15) is 50.7 Å². The highest BCUT2D eigenvalue weighted by Gasteiger charge is 2.33. The number of halogens is 5. The number of hydrogen-bond acceptors (Lipinski definition) is 13. The number of esters is 1. The number of hydrogen-bond donors (Lipinski definition) is 4. The van der Waals surface area contributed by atoms with Gasteiger partial charge in [0.2, 0.25) is 34.8 Å². The van der Waals surface area contributed by atoms with E-state index in [4.69, 9.17) is 33.3 Å². The van der Waals surface area contributed by atoms with Gasteiger partial charge in [0.15, 0.2) is 0 Å². The maximum Gasteiger partial charge on any atom is 0.408 e. The van der Waals surface area contributed by atoms with Crippen LogP contribution in [0.15, 0.2) is 158 Å². The highest BCUT2D eigenvalue weighted by Crippen LogP contribution is 2.34. The number of alkyl carbamates (subject to hydrolysis) is 3. The lowest BCUT2D eigenvalue weighted by atomic mass is 9.96. The average Bonchev–Trinajstić information content (AvgIpc) is 1.66. The van der Waals surface area contributed by atoms with Crippen molar-refractivity contribution in [2.45, 2.75) is 97.0 Å². The van der Waals surface area contributed by atoms with Gasteiger partial charge in [-0.3, -0.25) is 4.79 Å². The van der Waals surface area contributed by atoms with Crippen LogP contribution in [0.2, 0.25) is 0 Å². The average molecular weight is 1190 g/mol. The molecule has 17 nitrogen and oxygen atoms in total. The molecule has 4 amide bonds. The van der Waals surface area contributed by atoms with Gasteiger partial charge >= 0.3 is 30.2 Å². The second kappa shape index (κ2) is 31.1. The summed E-state index contributed by atoms with van der Waals surface area (Å²) in [5.41, 5.74) is 5.64. The molecule has 0 bridgehead atoms. The Hall–Kier alpha value is -9.99. The third-order valence-corrected chi connectivity index (χ3v) is 12.5. The Bertz CT molecular complexity index is 3420.